The summed E-state index contributed by atoms with van der Waals surface area (Å²) in [6.45, 7) is 0.351. The van der Waals surface area contributed by atoms with Gasteiger partial charge in [0.2, 0.25) is 5.91 Å². The highest BCUT2D eigenvalue weighted by Crippen LogP contribution is 2.27. The van der Waals surface area contributed by atoms with Gasteiger partial charge in [0, 0.05) is 36.1 Å². The number of carbonyl (C=O) groups is 1. The van der Waals surface area contributed by atoms with Crippen molar-refractivity contribution in [3.63, 3.8) is 0 Å². The van der Waals surface area contributed by atoms with E-state index in [0.29, 0.717) is 17.5 Å². The van der Waals surface area contributed by atoms with E-state index in [1.54, 1.807) is 10.8 Å². The lowest BCUT2D eigenvalue weighted by atomic mass is 10.1. The molecule has 24 heavy (non-hydrogen) atoms. The van der Waals surface area contributed by atoms with Gasteiger partial charge in [0.15, 0.2) is 5.16 Å². The normalized spacial score (nSPS) is 16.6. The Bertz CT molecular complexity index is 980. The molecule has 0 aliphatic carbocycles. The van der Waals surface area contributed by atoms with Crippen LogP contribution in [-0.4, -0.2) is 26.2 Å². The van der Waals surface area contributed by atoms with Crippen LogP contribution in [0.5, 0.6) is 0 Å². The topological polar surface area (TPSA) is 76.9 Å². The first-order valence-corrected chi connectivity index (χ1v) is 8.54. The third kappa shape index (κ3) is 2.67. The molecule has 120 valence electrons. The average molecular weight is 338 g/mol. The first-order chi connectivity index (χ1) is 11.7. The summed E-state index contributed by atoms with van der Waals surface area (Å²) in [6.07, 6.45) is 3.23. The van der Waals surface area contributed by atoms with E-state index in [1.807, 2.05) is 30.3 Å². The molecular formula is C17H14N4O2S. The Labute approximate surface area is 141 Å². The van der Waals surface area contributed by atoms with Gasteiger partial charge < -0.3 is 5.32 Å². The van der Waals surface area contributed by atoms with E-state index in [0.717, 1.165) is 16.6 Å². The number of nitrogens with zero attached hydrogens (tertiary/aromatic N) is 3. The van der Waals surface area contributed by atoms with Crippen molar-refractivity contribution in [1.82, 2.24) is 14.5 Å². The molecule has 3 aromatic rings. The highest BCUT2D eigenvalue weighted by Gasteiger charge is 2.26. The summed E-state index contributed by atoms with van der Waals surface area (Å²) in [7, 11) is 0. The predicted molar refractivity (Wildman–Crippen MR) is 93.1 cm³/mol. The van der Waals surface area contributed by atoms with Gasteiger partial charge >= 0.3 is 0 Å². The van der Waals surface area contributed by atoms with E-state index in [1.165, 1.54) is 24.0 Å². The average Bonchev–Trinajstić information content (AvgIpc) is 2.62. The molecule has 6 nitrogen and oxygen atoms in total. The van der Waals surface area contributed by atoms with Gasteiger partial charge in [0.25, 0.3) is 5.56 Å². The summed E-state index contributed by atoms with van der Waals surface area (Å²) in [5, 5.41) is 4.54. The van der Waals surface area contributed by atoms with Gasteiger partial charge in [-0.2, -0.15) is 0 Å². The molecule has 1 aromatic carbocycles. The zero-order valence-electron chi connectivity index (χ0n) is 12.7. The van der Waals surface area contributed by atoms with E-state index in [-0.39, 0.29) is 17.4 Å². The second-order valence-corrected chi connectivity index (χ2v) is 6.54. The van der Waals surface area contributed by atoms with Gasteiger partial charge in [-0.05, 0) is 24.3 Å². The maximum Gasteiger partial charge on any atom is 0.254 e. The fourth-order valence-corrected chi connectivity index (χ4v) is 3.82. The molecule has 0 spiro atoms. The molecule has 0 saturated carbocycles. The molecular weight excluding hydrogens is 324 g/mol. The van der Waals surface area contributed by atoms with Crippen molar-refractivity contribution >= 4 is 34.3 Å². The number of hydrogen-bond acceptors (Lipinski definition) is 5. The minimum atomic E-state index is -0.281. The largest absolute Gasteiger partial charge is 0.325 e. The van der Waals surface area contributed by atoms with Crippen LogP contribution in [0.2, 0.25) is 0 Å². The molecule has 1 amide bonds. The smallest absolute Gasteiger partial charge is 0.254 e. The quantitative estimate of drug-likeness (QED) is 0.725. The number of thioether (sulfide) groups is 1. The summed E-state index contributed by atoms with van der Waals surface area (Å²) in [5.74, 6) is 0.224. The Morgan fingerprint density at radius 3 is 3.00 bits per heavy atom. The minimum absolute atomic E-state index is 0.0970. The number of aromatic nitrogens is 3. The first kappa shape index (κ1) is 14.9. The van der Waals surface area contributed by atoms with Crippen LogP contribution in [-0.2, 0) is 11.3 Å². The third-order valence-electron chi connectivity index (χ3n) is 3.99. The molecule has 0 bridgehead atoms. The van der Waals surface area contributed by atoms with Crippen molar-refractivity contribution in [3.8, 4) is 0 Å². The summed E-state index contributed by atoms with van der Waals surface area (Å²) in [6, 6.07) is 10.8. The van der Waals surface area contributed by atoms with Crippen LogP contribution in [0, 0.1) is 5.92 Å². The van der Waals surface area contributed by atoms with Crippen LogP contribution < -0.4 is 10.9 Å². The number of carbonyl (C=O) groups excluding carboxylic acids is 1. The molecule has 4 rings (SSSR count). The third-order valence-corrected chi connectivity index (χ3v) is 5.14. The van der Waals surface area contributed by atoms with Crippen LogP contribution in [0.25, 0.3) is 10.9 Å². The van der Waals surface area contributed by atoms with Crippen molar-refractivity contribution < 1.29 is 4.79 Å². The van der Waals surface area contributed by atoms with Crippen LogP contribution in [0.1, 0.15) is 0 Å². The summed E-state index contributed by atoms with van der Waals surface area (Å²) in [5.41, 5.74) is 1.44. The summed E-state index contributed by atoms with van der Waals surface area (Å²) >= 11 is 1.43. The Morgan fingerprint density at radius 1 is 1.17 bits per heavy atom. The van der Waals surface area contributed by atoms with E-state index < -0.39 is 0 Å². The Kier molecular flexibility index (Phi) is 3.78. The minimum Gasteiger partial charge on any atom is -0.325 e. The lowest BCUT2D eigenvalue weighted by Crippen LogP contribution is -2.36. The van der Waals surface area contributed by atoms with Gasteiger partial charge in [0.05, 0.1) is 17.1 Å². The van der Waals surface area contributed by atoms with Gasteiger partial charge in [0.1, 0.15) is 0 Å². The standard InChI is InChI=1S/C17H14N4O2S/c22-15-6-8-19-17-21(15)9-11(10-24-17)16(23)20-14-5-1-4-13-12(14)3-2-7-18-13/h1-8,11H,9-10H2,(H,20,23). The lowest BCUT2D eigenvalue weighted by Gasteiger charge is -2.24. The molecule has 1 unspecified atom stereocenters. The van der Waals surface area contributed by atoms with Gasteiger partial charge in [-0.15, -0.1) is 0 Å². The van der Waals surface area contributed by atoms with Crippen LogP contribution in [0.3, 0.4) is 0 Å². The number of amides is 1. The highest BCUT2D eigenvalue weighted by molar-refractivity contribution is 7.99. The zero-order valence-corrected chi connectivity index (χ0v) is 13.5. The van der Waals surface area contributed by atoms with Crippen molar-refractivity contribution in [2.75, 3.05) is 11.1 Å². The van der Waals surface area contributed by atoms with E-state index in [9.17, 15) is 9.59 Å². The molecule has 1 aliphatic rings. The van der Waals surface area contributed by atoms with E-state index in [2.05, 4.69) is 15.3 Å². The number of pyridine rings is 1. The molecule has 1 N–H and O–H groups in total. The van der Waals surface area contributed by atoms with Gasteiger partial charge in [-0.3, -0.25) is 19.1 Å². The highest BCUT2D eigenvalue weighted by atomic mass is 32.2. The number of anilines is 1. The molecule has 3 heterocycles. The maximum absolute atomic E-state index is 12.7. The van der Waals surface area contributed by atoms with Crippen molar-refractivity contribution in [2.24, 2.45) is 5.92 Å². The van der Waals surface area contributed by atoms with Gasteiger partial charge in [-0.1, -0.05) is 17.8 Å². The molecule has 1 aliphatic heterocycles. The predicted octanol–water partition coefficient (Wildman–Crippen LogP) is 2.15. The van der Waals surface area contributed by atoms with Crippen molar-refractivity contribution in [2.45, 2.75) is 11.7 Å². The van der Waals surface area contributed by atoms with E-state index >= 15 is 0 Å². The second-order valence-electron chi connectivity index (χ2n) is 5.55. The molecule has 0 fully saturated rings. The molecule has 2 aromatic heterocycles. The zero-order chi connectivity index (χ0) is 16.5. The fourth-order valence-electron chi connectivity index (χ4n) is 2.76. The molecule has 0 saturated heterocycles. The molecule has 7 heteroatoms. The number of fused-ring (bicyclic) bond motifs is 2. The molecule has 1 atom stereocenters. The fraction of sp³-hybridized carbons (Fsp3) is 0.176. The number of hydrogen-bond donors (Lipinski definition) is 1. The van der Waals surface area contributed by atoms with Gasteiger partial charge in [-0.25, -0.2) is 4.98 Å². The van der Waals surface area contributed by atoms with Crippen molar-refractivity contribution in [3.05, 3.63) is 59.1 Å². The Morgan fingerprint density at radius 2 is 2.08 bits per heavy atom. The van der Waals surface area contributed by atoms with E-state index in [4.69, 9.17) is 0 Å². The van der Waals surface area contributed by atoms with Crippen LogP contribution in [0.15, 0.2) is 58.7 Å². The van der Waals surface area contributed by atoms with Crippen molar-refractivity contribution in [1.29, 1.82) is 0 Å². The summed E-state index contributed by atoms with van der Waals surface area (Å²) < 4.78 is 1.56. The number of benzene rings is 1. The first-order valence-electron chi connectivity index (χ1n) is 7.55. The Balaban J connectivity index is 1.59. The monoisotopic (exact) mass is 338 g/mol. The maximum atomic E-state index is 12.7. The summed E-state index contributed by atoms with van der Waals surface area (Å²) in [4.78, 5) is 33.1. The molecule has 0 radical (unpaired) electrons. The number of nitrogens with one attached hydrogen (secondary N) is 1. The number of rotatable bonds is 2. The lowest BCUT2D eigenvalue weighted by molar-refractivity contribution is -0.119. The van der Waals surface area contributed by atoms with Crippen LogP contribution in [0.4, 0.5) is 5.69 Å². The van der Waals surface area contributed by atoms with Crippen LogP contribution >= 0.6 is 11.8 Å². The SMILES string of the molecule is O=C(Nc1cccc2ncccc12)C1CSc2nccc(=O)n2C1. The Hall–Kier alpha value is -2.67. The second kappa shape index (κ2) is 6.09.